The first-order valence-electron chi connectivity index (χ1n) is 8.98. The summed E-state index contributed by atoms with van der Waals surface area (Å²) in [6, 6.07) is 4.17. The Kier molecular flexibility index (Phi) is 6.37. The third kappa shape index (κ3) is 4.86. The lowest BCUT2D eigenvalue weighted by Gasteiger charge is -2.36. The van der Waals surface area contributed by atoms with E-state index in [0.29, 0.717) is 11.7 Å². The number of hydrogen-bond acceptors (Lipinski definition) is 5. The zero-order valence-corrected chi connectivity index (χ0v) is 15.4. The molecule has 1 aromatic rings. The number of carbonyl (C=O) groups is 1. The van der Waals surface area contributed by atoms with Gasteiger partial charge in [-0.25, -0.2) is 0 Å². The van der Waals surface area contributed by atoms with Gasteiger partial charge in [0.2, 0.25) is 5.91 Å². The Hall–Kier alpha value is -1.27. The molecule has 0 spiro atoms. The highest BCUT2D eigenvalue weighted by atomic mass is 32.2. The highest BCUT2D eigenvalue weighted by Crippen LogP contribution is 2.17. The summed E-state index contributed by atoms with van der Waals surface area (Å²) in [4.78, 5) is 23.5. The molecule has 0 atom stereocenters. The van der Waals surface area contributed by atoms with Crippen molar-refractivity contribution in [2.24, 2.45) is 0 Å². The minimum Gasteiger partial charge on any atom is -0.368 e. The number of aryl methyl sites for hydroxylation is 1. The summed E-state index contributed by atoms with van der Waals surface area (Å²) in [6.45, 7) is 9.10. The smallest absolute Gasteiger partial charge is 0.232 e. The molecule has 24 heavy (non-hydrogen) atoms. The zero-order chi connectivity index (χ0) is 16.8. The maximum absolute atomic E-state index is 12.4. The molecule has 0 radical (unpaired) electrons. The van der Waals surface area contributed by atoms with Crippen LogP contribution in [0.5, 0.6) is 0 Å². The fourth-order valence-corrected chi connectivity index (χ4v) is 4.28. The van der Waals surface area contributed by atoms with Gasteiger partial charge in [-0.05, 0) is 45.0 Å². The number of pyridine rings is 1. The Bertz CT molecular complexity index is 540. The SMILES string of the molecule is Cc1cc(N2CCN(C(=O)CSCCN3CCCC3)CC2)ccn1. The van der Waals surface area contributed by atoms with Crippen molar-refractivity contribution in [1.29, 1.82) is 0 Å². The fraction of sp³-hybridized carbons (Fsp3) is 0.667. The second-order valence-electron chi connectivity index (χ2n) is 6.62. The summed E-state index contributed by atoms with van der Waals surface area (Å²) < 4.78 is 0. The van der Waals surface area contributed by atoms with Crippen LogP contribution in [0, 0.1) is 6.92 Å². The minimum atomic E-state index is 0.298. The summed E-state index contributed by atoms with van der Waals surface area (Å²) in [7, 11) is 0. The van der Waals surface area contributed by atoms with Crippen molar-refractivity contribution in [3.8, 4) is 0 Å². The van der Waals surface area contributed by atoms with Gasteiger partial charge in [-0.2, -0.15) is 11.8 Å². The van der Waals surface area contributed by atoms with Gasteiger partial charge in [0, 0.05) is 56.1 Å². The predicted octanol–water partition coefficient (Wildman–Crippen LogP) is 1.87. The Balaban J connectivity index is 1.35. The van der Waals surface area contributed by atoms with E-state index in [2.05, 4.69) is 26.9 Å². The molecule has 2 fully saturated rings. The molecule has 2 aliphatic rings. The lowest BCUT2D eigenvalue weighted by atomic mass is 10.2. The van der Waals surface area contributed by atoms with Gasteiger partial charge in [0.25, 0.3) is 0 Å². The van der Waals surface area contributed by atoms with Gasteiger partial charge in [0.15, 0.2) is 0 Å². The number of likely N-dealkylation sites (tertiary alicyclic amines) is 1. The van der Waals surface area contributed by atoms with Gasteiger partial charge >= 0.3 is 0 Å². The molecular formula is C18H28N4OS. The first-order valence-corrected chi connectivity index (χ1v) is 10.1. The average molecular weight is 349 g/mol. The summed E-state index contributed by atoms with van der Waals surface area (Å²) in [5.74, 6) is 2.00. The molecule has 0 aromatic carbocycles. The van der Waals surface area contributed by atoms with Crippen LogP contribution in [0.1, 0.15) is 18.5 Å². The Morgan fingerprint density at radius 3 is 2.62 bits per heavy atom. The normalized spacial score (nSPS) is 19.0. The maximum Gasteiger partial charge on any atom is 0.232 e. The molecule has 132 valence electrons. The molecule has 1 aromatic heterocycles. The van der Waals surface area contributed by atoms with Gasteiger partial charge in [-0.3, -0.25) is 9.78 Å². The van der Waals surface area contributed by atoms with Crippen molar-refractivity contribution < 1.29 is 4.79 Å². The van der Waals surface area contributed by atoms with Crippen LogP contribution in [0.4, 0.5) is 5.69 Å². The highest BCUT2D eigenvalue weighted by Gasteiger charge is 2.21. The molecule has 0 N–H and O–H groups in total. The number of amides is 1. The Morgan fingerprint density at radius 1 is 1.17 bits per heavy atom. The molecule has 5 nitrogen and oxygen atoms in total. The van der Waals surface area contributed by atoms with Crippen LogP contribution < -0.4 is 4.90 Å². The first kappa shape index (κ1) is 17.5. The lowest BCUT2D eigenvalue weighted by Crippen LogP contribution is -2.49. The van der Waals surface area contributed by atoms with Crippen LogP contribution in [0.3, 0.4) is 0 Å². The van der Waals surface area contributed by atoms with Gasteiger partial charge in [-0.15, -0.1) is 0 Å². The number of thioether (sulfide) groups is 1. The number of nitrogens with zero attached hydrogens (tertiary/aromatic N) is 4. The van der Waals surface area contributed by atoms with Gasteiger partial charge in [-0.1, -0.05) is 0 Å². The molecule has 0 saturated carbocycles. The largest absolute Gasteiger partial charge is 0.368 e. The summed E-state index contributed by atoms with van der Waals surface area (Å²) in [5, 5.41) is 0. The van der Waals surface area contributed by atoms with E-state index in [9.17, 15) is 4.79 Å². The molecular weight excluding hydrogens is 320 g/mol. The molecule has 0 unspecified atom stereocenters. The number of anilines is 1. The molecule has 2 saturated heterocycles. The number of rotatable bonds is 6. The summed E-state index contributed by atoms with van der Waals surface area (Å²) >= 11 is 1.79. The minimum absolute atomic E-state index is 0.298. The quantitative estimate of drug-likeness (QED) is 0.734. The van der Waals surface area contributed by atoms with Crippen molar-refractivity contribution in [2.75, 3.05) is 62.2 Å². The van der Waals surface area contributed by atoms with E-state index in [1.165, 1.54) is 31.6 Å². The topological polar surface area (TPSA) is 39.7 Å². The Labute approximate surface area is 149 Å². The molecule has 2 aliphatic heterocycles. The Morgan fingerprint density at radius 2 is 1.92 bits per heavy atom. The van der Waals surface area contributed by atoms with Crippen LogP contribution in [0.15, 0.2) is 18.3 Å². The standard InChI is InChI=1S/C18H28N4OS/c1-16-14-17(4-5-19-16)21-8-10-22(11-9-21)18(23)15-24-13-12-20-6-2-3-7-20/h4-5,14H,2-3,6-13,15H2,1H3. The van der Waals surface area contributed by atoms with E-state index < -0.39 is 0 Å². The number of piperazine rings is 1. The van der Waals surface area contributed by atoms with Crippen molar-refractivity contribution >= 4 is 23.4 Å². The second-order valence-corrected chi connectivity index (χ2v) is 7.73. The van der Waals surface area contributed by atoms with Gasteiger partial charge in [0.05, 0.1) is 5.75 Å². The van der Waals surface area contributed by atoms with E-state index in [-0.39, 0.29) is 0 Å². The summed E-state index contributed by atoms with van der Waals surface area (Å²) in [6.07, 6.45) is 4.54. The highest BCUT2D eigenvalue weighted by molar-refractivity contribution is 7.99. The fourth-order valence-electron chi connectivity index (χ4n) is 3.39. The maximum atomic E-state index is 12.4. The predicted molar refractivity (Wildman–Crippen MR) is 101 cm³/mol. The third-order valence-corrected chi connectivity index (χ3v) is 5.78. The van der Waals surface area contributed by atoms with E-state index in [4.69, 9.17) is 0 Å². The second kappa shape index (κ2) is 8.72. The first-order chi connectivity index (χ1) is 11.7. The van der Waals surface area contributed by atoms with Crippen molar-refractivity contribution in [1.82, 2.24) is 14.8 Å². The average Bonchev–Trinajstić information content (AvgIpc) is 3.12. The van der Waals surface area contributed by atoms with E-state index in [1.807, 2.05) is 18.0 Å². The van der Waals surface area contributed by atoms with Crippen LogP contribution >= 0.6 is 11.8 Å². The van der Waals surface area contributed by atoms with Crippen LogP contribution in [-0.4, -0.2) is 78.0 Å². The van der Waals surface area contributed by atoms with E-state index >= 15 is 0 Å². The lowest BCUT2D eigenvalue weighted by molar-refractivity contribution is -0.128. The van der Waals surface area contributed by atoms with Crippen LogP contribution in [-0.2, 0) is 4.79 Å². The molecule has 3 rings (SSSR count). The molecule has 3 heterocycles. The third-order valence-electron chi connectivity index (χ3n) is 4.85. The van der Waals surface area contributed by atoms with E-state index in [1.54, 1.807) is 11.8 Å². The van der Waals surface area contributed by atoms with Gasteiger partial charge < -0.3 is 14.7 Å². The van der Waals surface area contributed by atoms with Crippen molar-refractivity contribution in [2.45, 2.75) is 19.8 Å². The number of aromatic nitrogens is 1. The van der Waals surface area contributed by atoms with Gasteiger partial charge in [0.1, 0.15) is 0 Å². The molecule has 0 aliphatic carbocycles. The zero-order valence-electron chi connectivity index (χ0n) is 14.6. The monoisotopic (exact) mass is 348 g/mol. The summed E-state index contributed by atoms with van der Waals surface area (Å²) in [5.41, 5.74) is 2.26. The molecule has 0 bridgehead atoms. The number of carbonyl (C=O) groups excluding carboxylic acids is 1. The van der Waals surface area contributed by atoms with Crippen molar-refractivity contribution in [3.63, 3.8) is 0 Å². The van der Waals surface area contributed by atoms with E-state index in [0.717, 1.165) is 44.2 Å². The number of hydrogen-bond donors (Lipinski definition) is 0. The van der Waals surface area contributed by atoms with Crippen LogP contribution in [0.2, 0.25) is 0 Å². The van der Waals surface area contributed by atoms with Crippen LogP contribution in [0.25, 0.3) is 0 Å². The molecule has 1 amide bonds. The molecule has 6 heteroatoms. The van der Waals surface area contributed by atoms with Crippen molar-refractivity contribution in [3.05, 3.63) is 24.0 Å².